The minimum Gasteiger partial charge on any atom is -0.324 e. The number of rotatable bonds is 4. The summed E-state index contributed by atoms with van der Waals surface area (Å²) in [5.41, 5.74) is 1.02. The topological polar surface area (TPSA) is 64.0 Å². The lowest BCUT2D eigenvalue weighted by Crippen LogP contribution is -2.29. The van der Waals surface area contributed by atoms with E-state index in [4.69, 9.17) is 0 Å². The van der Waals surface area contributed by atoms with Crippen LogP contribution in [-0.2, 0) is 11.3 Å². The molecule has 1 saturated carbocycles. The number of amides is 1. The second-order valence-corrected chi connectivity index (χ2v) is 5.08. The third-order valence-corrected chi connectivity index (χ3v) is 3.30. The van der Waals surface area contributed by atoms with E-state index in [0.717, 1.165) is 23.2 Å². The number of nitrogens with zero attached hydrogens (tertiary/aromatic N) is 2. The zero-order chi connectivity index (χ0) is 14.8. The molecule has 108 valence electrons. The maximum Gasteiger partial charge on any atom is 0.267 e. The summed E-state index contributed by atoms with van der Waals surface area (Å²) in [6.07, 6.45) is 2.15. The molecule has 3 rings (SSSR count). The summed E-state index contributed by atoms with van der Waals surface area (Å²) in [5, 5.41) is 6.82. The molecule has 0 unspecified atom stereocenters. The van der Waals surface area contributed by atoms with Crippen molar-refractivity contribution in [2.75, 3.05) is 5.32 Å². The Morgan fingerprint density at radius 1 is 1.24 bits per heavy atom. The zero-order valence-corrected chi connectivity index (χ0v) is 11.3. The molecule has 0 aliphatic heterocycles. The van der Waals surface area contributed by atoms with Crippen LogP contribution in [0.3, 0.4) is 0 Å². The predicted octanol–water partition coefficient (Wildman–Crippen LogP) is 1.90. The monoisotopic (exact) mass is 287 g/mol. The maximum absolute atomic E-state index is 12.8. The smallest absolute Gasteiger partial charge is 0.267 e. The largest absolute Gasteiger partial charge is 0.324 e. The molecule has 0 bridgehead atoms. The van der Waals surface area contributed by atoms with Crippen LogP contribution in [0.25, 0.3) is 0 Å². The standard InChI is InChI=1S/C15H14FN3O2/c16-11-3-5-12(6-4-11)17-14(20)9-19-15(21)8-7-13(18-19)10-1-2-10/h3-8,10H,1-2,9H2,(H,17,20). The van der Waals surface area contributed by atoms with E-state index >= 15 is 0 Å². The summed E-state index contributed by atoms with van der Waals surface area (Å²) in [6, 6.07) is 8.59. The van der Waals surface area contributed by atoms with Gasteiger partial charge >= 0.3 is 0 Å². The van der Waals surface area contributed by atoms with Gasteiger partial charge in [-0.15, -0.1) is 0 Å². The number of carbonyl (C=O) groups excluding carboxylic acids is 1. The summed E-state index contributed by atoms with van der Waals surface area (Å²) in [5.74, 6) is -0.329. The number of benzene rings is 1. The average molecular weight is 287 g/mol. The van der Waals surface area contributed by atoms with Crippen molar-refractivity contribution in [2.45, 2.75) is 25.3 Å². The molecule has 2 aromatic rings. The van der Waals surface area contributed by atoms with Gasteiger partial charge in [0, 0.05) is 17.7 Å². The molecule has 5 nitrogen and oxygen atoms in total. The van der Waals surface area contributed by atoms with Crippen LogP contribution in [0.5, 0.6) is 0 Å². The van der Waals surface area contributed by atoms with Crippen LogP contribution >= 0.6 is 0 Å². The van der Waals surface area contributed by atoms with Crippen molar-refractivity contribution in [3.63, 3.8) is 0 Å². The van der Waals surface area contributed by atoms with Crippen molar-refractivity contribution in [3.8, 4) is 0 Å². The van der Waals surface area contributed by atoms with Crippen molar-refractivity contribution in [1.29, 1.82) is 0 Å². The first kappa shape index (κ1) is 13.5. The summed E-state index contributed by atoms with van der Waals surface area (Å²) in [4.78, 5) is 23.6. The first-order valence-corrected chi connectivity index (χ1v) is 6.75. The minimum absolute atomic E-state index is 0.156. The van der Waals surface area contributed by atoms with Crippen molar-refractivity contribution in [1.82, 2.24) is 9.78 Å². The lowest BCUT2D eigenvalue weighted by Gasteiger charge is -2.07. The SMILES string of the molecule is O=C(Cn1nc(C2CC2)ccc1=O)Nc1ccc(F)cc1. The number of hydrogen-bond acceptors (Lipinski definition) is 3. The van der Waals surface area contributed by atoms with E-state index < -0.39 is 0 Å². The lowest BCUT2D eigenvalue weighted by molar-refractivity contribution is -0.117. The minimum atomic E-state index is -0.372. The van der Waals surface area contributed by atoms with Crippen molar-refractivity contribution >= 4 is 11.6 Å². The van der Waals surface area contributed by atoms with Crippen molar-refractivity contribution < 1.29 is 9.18 Å². The fourth-order valence-electron chi connectivity index (χ4n) is 2.04. The van der Waals surface area contributed by atoms with Gasteiger partial charge in [-0.05, 0) is 43.2 Å². The van der Waals surface area contributed by atoms with Gasteiger partial charge in [-0.2, -0.15) is 5.10 Å². The number of nitrogens with one attached hydrogen (secondary N) is 1. The van der Waals surface area contributed by atoms with E-state index in [1.807, 2.05) is 0 Å². The highest BCUT2D eigenvalue weighted by Gasteiger charge is 2.25. The van der Waals surface area contributed by atoms with Gasteiger partial charge in [0.25, 0.3) is 5.56 Å². The number of aromatic nitrogens is 2. The summed E-state index contributed by atoms with van der Waals surface area (Å²) >= 11 is 0. The first-order chi connectivity index (χ1) is 10.1. The van der Waals surface area contributed by atoms with Gasteiger partial charge in [0.1, 0.15) is 12.4 Å². The Morgan fingerprint density at radius 3 is 2.62 bits per heavy atom. The van der Waals surface area contributed by atoms with Gasteiger partial charge in [-0.1, -0.05) is 0 Å². The van der Waals surface area contributed by atoms with E-state index in [9.17, 15) is 14.0 Å². The lowest BCUT2D eigenvalue weighted by atomic mass is 10.3. The van der Waals surface area contributed by atoms with E-state index in [1.165, 1.54) is 30.3 Å². The Kier molecular flexibility index (Phi) is 3.51. The van der Waals surface area contributed by atoms with Gasteiger partial charge in [-0.3, -0.25) is 9.59 Å². The molecule has 1 fully saturated rings. The molecule has 1 heterocycles. The Bertz CT molecular complexity index is 720. The molecule has 1 aromatic carbocycles. The molecule has 0 saturated heterocycles. The molecular formula is C15H14FN3O2. The van der Waals surface area contributed by atoms with Crippen LogP contribution in [0.2, 0.25) is 0 Å². The van der Waals surface area contributed by atoms with Gasteiger partial charge in [0.2, 0.25) is 5.91 Å². The van der Waals surface area contributed by atoms with Crippen LogP contribution in [0.15, 0.2) is 41.2 Å². The molecule has 1 aliphatic carbocycles. The number of hydrogen-bond donors (Lipinski definition) is 1. The first-order valence-electron chi connectivity index (χ1n) is 6.75. The maximum atomic E-state index is 12.8. The van der Waals surface area contributed by atoms with Gasteiger partial charge in [-0.25, -0.2) is 9.07 Å². The summed E-state index contributed by atoms with van der Waals surface area (Å²) in [6.45, 7) is -0.156. The second kappa shape index (κ2) is 5.47. The van der Waals surface area contributed by atoms with Gasteiger partial charge in [0.05, 0.1) is 5.69 Å². The number of anilines is 1. The molecule has 1 aromatic heterocycles. The van der Waals surface area contributed by atoms with Crippen LogP contribution in [0.1, 0.15) is 24.5 Å². The third-order valence-electron chi connectivity index (χ3n) is 3.30. The predicted molar refractivity (Wildman–Crippen MR) is 75.5 cm³/mol. The van der Waals surface area contributed by atoms with Gasteiger partial charge < -0.3 is 5.32 Å². The van der Waals surface area contributed by atoms with E-state index in [1.54, 1.807) is 6.07 Å². The normalized spacial score (nSPS) is 14.0. The molecule has 0 radical (unpaired) electrons. The second-order valence-electron chi connectivity index (χ2n) is 5.08. The molecule has 1 amide bonds. The average Bonchev–Trinajstić information content (AvgIpc) is 3.28. The van der Waals surface area contributed by atoms with Crippen LogP contribution < -0.4 is 10.9 Å². The zero-order valence-electron chi connectivity index (χ0n) is 11.3. The molecule has 0 atom stereocenters. The Balaban J connectivity index is 1.70. The molecular weight excluding hydrogens is 273 g/mol. The highest BCUT2D eigenvalue weighted by molar-refractivity contribution is 5.90. The van der Waals surface area contributed by atoms with Crippen molar-refractivity contribution in [3.05, 3.63) is 58.3 Å². The fraction of sp³-hybridized carbons (Fsp3) is 0.267. The Hall–Kier alpha value is -2.50. The molecule has 1 N–H and O–H groups in total. The summed E-state index contributed by atoms with van der Waals surface area (Å²) < 4.78 is 13.9. The Labute approximate surface area is 120 Å². The van der Waals surface area contributed by atoms with Crippen LogP contribution in [0, 0.1) is 5.82 Å². The highest BCUT2D eigenvalue weighted by Crippen LogP contribution is 2.38. The highest BCUT2D eigenvalue weighted by atomic mass is 19.1. The molecule has 6 heteroatoms. The van der Waals surface area contributed by atoms with Crippen LogP contribution in [0.4, 0.5) is 10.1 Å². The van der Waals surface area contributed by atoms with Crippen LogP contribution in [-0.4, -0.2) is 15.7 Å². The van der Waals surface area contributed by atoms with Gasteiger partial charge in [0.15, 0.2) is 0 Å². The summed E-state index contributed by atoms with van der Waals surface area (Å²) in [7, 11) is 0. The molecule has 1 aliphatic rings. The fourth-order valence-corrected chi connectivity index (χ4v) is 2.04. The van der Waals surface area contributed by atoms with E-state index in [2.05, 4.69) is 10.4 Å². The quantitative estimate of drug-likeness (QED) is 0.934. The Morgan fingerprint density at radius 2 is 1.95 bits per heavy atom. The molecule has 0 spiro atoms. The third kappa shape index (κ3) is 3.34. The van der Waals surface area contributed by atoms with Crippen molar-refractivity contribution in [2.24, 2.45) is 0 Å². The number of halogens is 1. The molecule has 21 heavy (non-hydrogen) atoms. The van der Waals surface area contributed by atoms with E-state index in [-0.39, 0.29) is 23.8 Å². The number of carbonyl (C=O) groups is 1. The van der Waals surface area contributed by atoms with E-state index in [0.29, 0.717) is 11.6 Å².